The number of aliphatic hydroxyl groups excluding tert-OH is 1. The molecule has 2 amide bonds. The van der Waals surface area contributed by atoms with Crippen molar-refractivity contribution in [2.75, 3.05) is 17.7 Å². The number of rotatable bonds is 4. The van der Waals surface area contributed by atoms with Gasteiger partial charge in [-0.2, -0.15) is 0 Å². The number of benzene rings is 2. The molecule has 2 aliphatic heterocycles. The van der Waals surface area contributed by atoms with Crippen molar-refractivity contribution in [3.05, 3.63) is 52.5 Å². The zero-order valence-corrected chi connectivity index (χ0v) is 17.7. The Morgan fingerprint density at radius 3 is 2.83 bits per heavy atom. The van der Waals surface area contributed by atoms with Crippen molar-refractivity contribution < 1.29 is 19.4 Å². The fraction of sp³-hybridized carbons (Fsp3) is 0.364. The van der Waals surface area contributed by atoms with Gasteiger partial charge in [0.25, 0.3) is 0 Å². The van der Waals surface area contributed by atoms with Crippen molar-refractivity contribution in [3.63, 3.8) is 0 Å². The monoisotopic (exact) mass is 429 g/mol. The lowest BCUT2D eigenvalue weighted by Crippen LogP contribution is -2.53. The van der Waals surface area contributed by atoms with E-state index >= 15 is 0 Å². The largest absolute Gasteiger partial charge is 0.495 e. The minimum Gasteiger partial charge on any atom is -0.495 e. The highest BCUT2D eigenvalue weighted by molar-refractivity contribution is 6.31. The highest BCUT2D eigenvalue weighted by Gasteiger charge is 2.60. The molecule has 158 valence electrons. The average Bonchev–Trinajstić information content (AvgIpc) is 3.24. The van der Waals surface area contributed by atoms with E-state index in [4.69, 9.17) is 16.3 Å². The standard InChI is InChI=1S/C22H24ClN3O4/c1-11-5-4-6-14-19(11)25-21(29)22(14)15(10-16(26-22)12(2)27)20(28)24-17-9-13(23)7-8-18(17)30-3/h4-9,12,15-16,26-27H,10H2,1-3H3,(H,24,28)(H,25,29)/t12-,15+,16-,22-/m1/s1. The maximum absolute atomic E-state index is 13.5. The second-order valence-corrected chi connectivity index (χ2v) is 8.31. The normalized spacial score (nSPS) is 25.7. The van der Waals surface area contributed by atoms with E-state index in [9.17, 15) is 14.7 Å². The third kappa shape index (κ3) is 3.14. The third-order valence-electron chi connectivity index (χ3n) is 6.04. The van der Waals surface area contributed by atoms with E-state index in [0.29, 0.717) is 34.1 Å². The Hall–Kier alpha value is -2.61. The Morgan fingerprint density at radius 1 is 1.37 bits per heavy atom. The number of carbonyl (C=O) groups is 2. The van der Waals surface area contributed by atoms with Gasteiger partial charge in [-0.05, 0) is 44.0 Å². The van der Waals surface area contributed by atoms with Crippen molar-refractivity contribution in [2.45, 2.75) is 38.0 Å². The second kappa shape index (κ2) is 7.58. The molecule has 4 N–H and O–H groups in total. The Kier molecular flexibility index (Phi) is 5.22. The van der Waals surface area contributed by atoms with Crippen LogP contribution in [-0.4, -0.2) is 36.2 Å². The van der Waals surface area contributed by atoms with E-state index in [-0.39, 0.29) is 11.8 Å². The first-order chi connectivity index (χ1) is 14.3. The minimum absolute atomic E-state index is 0.298. The number of aliphatic hydroxyl groups is 1. The molecular formula is C22H24ClN3O4. The molecule has 0 bridgehead atoms. The number of hydrogen-bond acceptors (Lipinski definition) is 5. The first-order valence-electron chi connectivity index (χ1n) is 9.79. The Morgan fingerprint density at radius 2 is 2.13 bits per heavy atom. The van der Waals surface area contributed by atoms with Crippen LogP contribution >= 0.6 is 11.6 Å². The zero-order chi connectivity index (χ0) is 21.6. The molecular weight excluding hydrogens is 406 g/mol. The van der Waals surface area contributed by atoms with Crippen LogP contribution in [0.2, 0.25) is 5.02 Å². The van der Waals surface area contributed by atoms with Gasteiger partial charge in [-0.1, -0.05) is 29.8 Å². The molecule has 2 aromatic carbocycles. The number of carbonyl (C=O) groups excluding carboxylic acids is 2. The lowest BCUT2D eigenvalue weighted by atomic mass is 9.79. The summed E-state index contributed by atoms with van der Waals surface area (Å²) in [5, 5.41) is 19.8. The van der Waals surface area contributed by atoms with Gasteiger partial charge in [0.2, 0.25) is 11.8 Å². The molecule has 4 atom stereocenters. The van der Waals surface area contributed by atoms with Crippen LogP contribution in [0.15, 0.2) is 36.4 Å². The van der Waals surface area contributed by atoms with Crippen LogP contribution in [0.5, 0.6) is 5.75 Å². The number of ether oxygens (including phenoxy) is 1. The van der Waals surface area contributed by atoms with E-state index in [2.05, 4.69) is 16.0 Å². The fourth-order valence-electron chi connectivity index (χ4n) is 4.49. The van der Waals surface area contributed by atoms with Gasteiger partial charge in [-0.15, -0.1) is 0 Å². The quantitative estimate of drug-likeness (QED) is 0.599. The zero-order valence-electron chi connectivity index (χ0n) is 17.0. The molecule has 2 heterocycles. The van der Waals surface area contributed by atoms with E-state index in [0.717, 1.165) is 5.56 Å². The molecule has 0 radical (unpaired) electrons. The fourth-order valence-corrected chi connectivity index (χ4v) is 4.66. The summed E-state index contributed by atoms with van der Waals surface area (Å²) >= 11 is 6.09. The Balaban J connectivity index is 1.76. The van der Waals surface area contributed by atoms with Crippen LogP contribution in [0.3, 0.4) is 0 Å². The molecule has 0 saturated carbocycles. The Bertz CT molecular complexity index is 1030. The molecule has 1 fully saturated rings. The smallest absolute Gasteiger partial charge is 0.250 e. The summed E-state index contributed by atoms with van der Waals surface area (Å²) in [6.45, 7) is 3.56. The number of methoxy groups -OCH3 is 1. The number of anilines is 2. The molecule has 2 aromatic rings. The number of halogens is 1. The molecule has 30 heavy (non-hydrogen) atoms. The first-order valence-corrected chi connectivity index (χ1v) is 10.2. The minimum atomic E-state index is -1.26. The van der Waals surface area contributed by atoms with Crippen LogP contribution in [0.4, 0.5) is 11.4 Å². The highest BCUT2D eigenvalue weighted by atomic mass is 35.5. The summed E-state index contributed by atoms with van der Waals surface area (Å²) in [6.07, 6.45) is -0.435. The summed E-state index contributed by atoms with van der Waals surface area (Å²) in [7, 11) is 1.50. The molecule has 0 unspecified atom stereocenters. The molecule has 0 aromatic heterocycles. The van der Waals surface area contributed by atoms with E-state index in [1.54, 1.807) is 25.1 Å². The third-order valence-corrected chi connectivity index (χ3v) is 6.27. The van der Waals surface area contributed by atoms with Gasteiger partial charge in [-0.25, -0.2) is 0 Å². The summed E-state index contributed by atoms with van der Waals surface area (Å²) in [5.74, 6) is -0.931. The van der Waals surface area contributed by atoms with Crippen LogP contribution in [0.25, 0.3) is 0 Å². The van der Waals surface area contributed by atoms with Crippen molar-refractivity contribution in [3.8, 4) is 5.75 Å². The lowest BCUT2D eigenvalue weighted by Gasteiger charge is -2.29. The number of fused-ring (bicyclic) bond motifs is 2. The summed E-state index contributed by atoms with van der Waals surface area (Å²) in [4.78, 5) is 26.7. The number of amides is 2. The maximum atomic E-state index is 13.5. The molecule has 8 heteroatoms. The van der Waals surface area contributed by atoms with Crippen LogP contribution in [-0.2, 0) is 15.1 Å². The van der Waals surface area contributed by atoms with Crippen molar-refractivity contribution in [1.29, 1.82) is 0 Å². The van der Waals surface area contributed by atoms with E-state index in [1.807, 2.05) is 25.1 Å². The highest BCUT2D eigenvalue weighted by Crippen LogP contribution is 2.48. The predicted molar refractivity (Wildman–Crippen MR) is 115 cm³/mol. The van der Waals surface area contributed by atoms with Gasteiger partial charge in [0.15, 0.2) is 0 Å². The van der Waals surface area contributed by atoms with Crippen LogP contribution in [0, 0.1) is 12.8 Å². The number of aryl methyl sites for hydroxylation is 1. The summed E-state index contributed by atoms with van der Waals surface area (Å²) in [6, 6.07) is 10.1. The Labute approximate surface area is 179 Å². The molecule has 1 spiro atoms. The number of hydrogen-bond donors (Lipinski definition) is 4. The average molecular weight is 430 g/mol. The van der Waals surface area contributed by atoms with Gasteiger partial charge in [-0.3, -0.25) is 14.9 Å². The molecule has 7 nitrogen and oxygen atoms in total. The van der Waals surface area contributed by atoms with Crippen LogP contribution < -0.4 is 20.7 Å². The predicted octanol–water partition coefficient (Wildman–Crippen LogP) is 2.80. The molecule has 4 rings (SSSR count). The number of nitrogens with one attached hydrogen (secondary N) is 3. The maximum Gasteiger partial charge on any atom is 0.250 e. The molecule has 2 aliphatic rings. The number of para-hydroxylation sites is 1. The second-order valence-electron chi connectivity index (χ2n) is 7.87. The van der Waals surface area contributed by atoms with Gasteiger partial charge in [0, 0.05) is 22.3 Å². The lowest BCUT2D eigenvalue weighted by molar-refractivity contribution is -0.130. The van der Waals surface area contributed by atoms with E-state index in [1.165, 1.54) is 7.11 Å². The van der Waals surface area contributed by atoms with Crippen molar-refractivity contribution >= 4 is 34.8 Å². The first kappa shape index (κ1) is 20.7. The molecule has 1 saturated heterocycles. The van der Waals surface area contributed by atoms with Gasteiger partial charge in [0.1, 0.15) is 11.3 Å². The van der Waals surface area contributed by atoms with Crippen molar-refractivity contribution in [2.24, 2.45) is 5.92 Å². The topological polar surface area (TPSA) is 99.7 Å². The summed E-state index contributed by atoms with van der Waals surface area (Å²) < 4.78 is 5.33. The SMILES string of the molecule is COc1ccc(Cl)cc1NC(=O)[C@@H]1C[C@H]([C@@H](C)O)N[C@@]12C(=O)Nc1c(C)cccc12. The summed E-state index contributed by atoms with van der Waals surface area (Å²) in [5.41, 5.74) is 1.50. The molecule has 0 aliphatic carbocycles. The van der Waals surface area contributed by atoms with Gasteiger partial charge < -0.3 is 20.5 Å². The van der Waals surface area contributed by atoms with Gasteiger partial charge in [0.05, 0.1) is 24.8 Å². The van der Waals surface area contributed by atoms with E-state index < -0.39 is 23.6 Å². The van der Waals surface area contributed by atoms with Gasteiger partial charge >= 0.3 is 0 Å². The van der Waals surface area contributed by atoms with Crippen LogP contribution in [0.1, 0.15) is 24.5 Å². The van der Waals surface area contributed by atoms with Crippen molar-refractivity contribution in [1.82, 2.24) is 5.32 Å².